The van der Waals surface area contributed by atoms with Crippen LogP contribution in [0.5, 0.6) is 0 Å². The number of hydrogen-bond donors (Lipinski definition) is 2. The van der Waals surface area contributed by atoms with E-state index in [1.165, 1.54) is 30.0 Å². The predicted molar refractivity (Wildman–Crippen MR) is 115 cm³/mol. The summed E-state index contributed by atoms with van der Waals surface area (Å²) in [7, 11) is -3.86. The average molecular weight is 469 g/mol. The molecule has 31 heavy (non-hydrogen) atoms. The lowest BCUT2D eigenvalue weighted by molar-refractivity contribution is -0.119. The first-order valence-electron chi connectivity index (χ1n) is 9.50. The number of carbonyl (C=O) groups is 1. The minimum absolute atomic E-state index is 0.0161. The van der Waals surface area contributed by atoms with E-state index in [0.29, 0.717) is 17.2 Å². The maximum atomic E-state index is 13.9. The van der Waals surface area contributed by atoms with Gasteiger partial charge in [-0.15, -0.1) is 0 Å². The van der Waals surface area contributed by atoms with Gasteiger partial charge in [-0.3, -0.25) is 4.79 Å². The molecule has 0 saturated heterocycles. The number of halogens is 2. The van der Waals surface area contributed by atoms with Crippen molar-refractivity contribution in [1.82, 2.24) is 14.9 Å². The van der Waals surface area contributed by atoms with Crippen LogP contribution in [0.1, 0.15) is 31.9 Å². The molecule has 0 aliphatic heterocycles. The van der Waals surface area contributed by atoms with E-state index < -0.39 is 27.7 Å². The number of hydrogen-bond acceptors (Lipinski definition) is 5. The van der Waals surface area contributed by atoms with Crippen LogP contribution in [0.25, 0.3) is 11.0 Å². The second kappa shape index (κ2) is 9.33. The summed E-state index contributed by atoms with van der Waals surface area (Å²) in [6.07, 6.45) is 0.809. The van der Waals surface area contributed by atoms with E-state index in [1.807, 2.05) is 11.5 Å². The molecule has 0 aliphatic carbocycles. The molecule has 11 heteroatoms. The Morgan fingerprint density at radius 3 is 2.65 bits per heavy atom. The first kappa shape index (κ1) is 23.2. The zero-order valence-corrected chi connectivity index (χ0v) is 18.6. The van der Waals surface area contributed by atoms with Crippen molar-refractivity contribution in [2.45, 2.75) is 42.9 Å². The molecule has 3 aromatic rings. The highest BCUT2D eigenvalue weighted by molar-refractivity contribution is 7.99. The van der Waals surface area contributed by atoms with Crippen molar-refractivity contribution in [2.24, 2.45) is 5.14 Å². The fourth-order valence-corrected chi connectivity index (χ4v) is 4.54. The molecular weight excluding hydrogens is 446 g/mol. The summed E-state index contributed by atoms with van der Waals surface area (Å²) in [5.74, 6) is -1.74. The van der Waals surface area contributed by atoms with Crippen LogP contribution < -0.4 is 10.5 Å². The van der Waals surface area contributed by atoms with Gasteiger partial charge in [0.1, 0.15) is 11.6 Å². The number of imidazole rings is 1. The van der Waals surface area contributed by atoms with Crippen LogP contribution in [0.4, 0.5) is 8.78 Å². The van der Waals surface area contributed by atoms with Crippen molar-refractivity contribution in [2.75, 3.05) is 5.75 Å². The Hall–Kier alpha value is -2.50. The summed E-state index contributed by atoms with van der Waals surface area (Å²) in [5, 5.41) is 8.44. The number of benzene rings is 2. The van der Waals surface area contributed by atoms with Gasteiger partial charge < -0.3 is 9.88 Å². The molecule has 1 heterocycles. The average Bonchev–Trinajstić information content (AvgIpc) is 3.02. The molecule has 1 aromatic heterocycles. The Morgan fingerprint density at radius 1 is 1.26 bits per heavy atom. The molecule has 7 nitrogen and oxygen atoms in total. The summed E-state index contributed by atoms with van der Waals surface area (Å²) < 4.78 is 52.1. The summed E-state index contributed by atoms with van der Waals surface area (Å²) >= 11 is 1.18. The Morgan fingerprint density at radius 2 is 2.00 bits per heavy atom. The van der Waals surface area contributed by atoms with Gasteiger partial charge >= 0.3 is 0 Å². The van der Waals surface area contributed by atoms with Gasteiger partial charge in [-0.1, -0.05) is 24.8 Å². The lowest BCUT2D eigenvalue weighted by Gasteiger charge is -2.15. The number of aromatic nitrogens is 2. The Labute approximate surface area is 183 Å². The summed E-state index contributed by atoms with van der Waals surface area (Å²) in [6, 6.07) is 7.04. The van der Waals surface area contributed by atoms with Crippen molar-refractivity contribution >= 4 is 38.7 Å². The standard InChI is InChI=1S/C20H22F2N4O3S2/c1-3-8-26-18-7-5-14(31(23,28)29)10-17(18)25-20(26)30-11-19(27)24-12(2)15-6-4-13(21)9-16(15)22/h4-7,9-10,12H,3,8,11H2,1-2H3,(H,24,27)(H2,23,28,29). The quantitative estimate of drug-likeness (QED) is 0.493. The molecule has 0 aliphatic rings. The van der Waals surface area contributed by atoms with Gasteiger partial charge in [0.25, 0.3) is 0 Å². The lowest BCUT2D eigenvalue weighted by Crippen LogP contribution is -2.28. The van der Waals surface area contributed by atoms with Crippen molar-refractivity contribution < 1.29 is 22.0 Å². The number of thioether (sulfide) groups is 1. The largest absolute Gasteiger partial charge is 0.349 e. The Bertz CT molecular complexity index is 1230. The van der Waals surface area contributed by atoms with E-state index in [2.05, 4.69) is 10.3 Å². The molecule has 2 aromatic carbocycles. The summed E-state index contributed by atoms with van der Waals surface area (Å²) in [4.78, 5) is 16.8. The third-order valence-electron chi connectivity index (χ3n) is 4.60. The van der Waals surface area contributed by atoms with Crippen molar-refractivity contribution in [1.29, 1.82) is 0 Å². The van der Waals surface area contributed by atoms with Crippen LogP contribution in [0.3, 0.4) is 0 Å². The zero-order chi connectivity index (χ0) is 22.8. The maximum Gasteiger partial charge on any atom is 0.238 e. The topological polar surface area (TPSA) is 107 Å². The first-order chi connectivity index (χ1) is 14.6. The van der Waals surface area contributed by atoms with Gasteiger partial charge in [0.05, 0.1) is 27.7 Å². The van der Waals surface area contributed by atoms with Crippen LogP contribution in [0.15, 0.2) is 46.5 Å². The minimum atomic E-state index is -3.86. The summed E-state index contributed by atoms with van der Waals surface area (Å²) in [5.41, 5.74) is 1.39. The number of sulfonamides is 1. The summed E-state index contributed by atoms with van der Waals surface area (Å²) in [6.45, 7) is 4.23. The van der Waals surface area contributed by atoms with Crippen molar-refractivity contribution in [3.63, 3.8) is 0 Å². The second-order valence-electron chi connectivity index (χ2n) is 6.99. The zero-order valence-electron chi connectivity index (χ0n) is 16.9. The fourth-order valence-electron chi connectivity index (χ4n) is 3.16. The predicted octanol–water partition coefficient (Wildman–Crippen LogP) is 3.34. The van der Waals surface area contributed by atoms with E-state index in [4.69, 9.17) is 5.14 Å². The van der Waals surface area contributed by atoms with Crippen LogP contribution >= 0.6 is 11.8 Å². The monoisotopic (exact) mass is 468 g/mol. The molecule has 0 fully saturated rings. The molecule has 1 atom stereocenters. The molecule has 1 amide bonds. The van der Waals surface area contributed by atoms with Gasteiger partial charge in [-0.25, -0.2) is 27.3 Å². The lowest BCUT2D eigenvalue weighted by atomic mass is 10.1. The van der Waals surface area contributed by atoms with Gasteiger partial charge in [0, 0.05) is 18.2 Å². The van der Waals surface area contributed by atoms with Crippen LogP contribution in [-0.2, 0) is 21.4 Å². The SMILES string of the molecule is CCCn1c(SCC(=O)NC(C)c2ccc(F)cc2F)nc2cc(S(N)(=O)=O)ccc21. The normalized spacial score (nSPS) is 12.8. The van der Waals surface area contributed by atoms with Gasteiger partial charge in [-0.05, 0) is 37.6 Å². The molecule has 0 radical (unpaired) electrons. The molecule has 0 bridgehead atoms. The number of rotatable bonds is 8. The number of nitrogens with two attached hydrogens (primary N) is 1. The first-order valence-corrected chi connectivity index (χ1v) is 12.0. The highest BCUT2D eigenvalue weighted by atomic mass is 32.2. The minimum Gasteiger partial charge on any atom is -0.349 e. The molecule has 166 valence electrons. The van der Waals surface area contributed by atoms with Crippen molar-refractivity contribution in [3.05, 3.63) is 53.6 Å². The second-order valence-corrected chi connectivity index (χ2v) is 9.49. The van der Waals surface area contributed by atoms with E-state index in [0.717, 1.165) is 24.1 Å². The third kappa shape index (κ3) is 5.41. The fraction of sp³-hybridized carbons (Fsp3) is 0.300. The molecule has 3 rings (SSSR count). The van der Waals surface area contributed by atoms with E-state index in [9.17, 15) is 22.0 Å². The van der Waals surface area contributed by atoms with E-state index in [-0.39, 0.29) is 22.1 Å². The number of fused-ring (bicyclic) bond motifs is 1. The number of nitrogens with zero attached hydrogens (tertiary/aromatic N) is 2. The van der Waals surface area contributed by atoms with Gasteiger partial charge in [0.2, 0.25) is 15.9 Å². The third-order valence-corrected chi connectivity index (χ3v) is 6.49. The number of nitrogens with one attached hydrogen (secondary N) is 1. The van der Waals surface area contributed by atoms with E-state index >= 15 is 0 Å². The maximum absolute atomic E-state index is 13.9. The number of amides is 1. The van der Waals surface area contributed by atoms with Crippen LogP contribution in [-0.4, -0.2) is 29.6 Å². The highest BCUT2D eigenvalue weighted by Gasteiger charge is 2.18. The smallest absolute Gasteiger partial charge is 0.238 e. The van der Waals surface area contributed by atoms with Crippen LogP contribution in [0.2, 0.25) is 0 Å². The molecule has 3 N–H and O–H groups in total. The molecule has 0 spiro atoms. The van der Waals surface area contributed by atoms with Crippen LogP contribution in [0, 0.1) is 11.6 Å². The number of aryl methyl sites for hydroxylation is 1. The number of primary sulfonamides is 1. The van der Waals surface area contributed by atoms with E-state index in [1.54, 1.807) is 13.0 Å². The number of carbonyl (C=O) groups excluding carboxylic acids is 1. The van der Waals surface area contributed by atoms with Gasteiger partial charge in [-0.2, -0.15) is 0 Å². The Kier molecular flexibility index (Phi) is 6.97. The molecule has 1 unspecified atom stereocenters. The molecular formula is C20H22F2N4O3S2. The Balaban J connectivity index is 1.76. The molecule has 0 saturated carbocycles. The van der Waals surface area contributed by atoms with Crippen molar-refractivity contribution in [3.8, 4) is 0 Å². The highest BCUT2D eigenvalue weighted by Crippen LogP contribution is 2.26. The van der Waals surface area contributed by atoms with Gasteiger partial charge in [0.15, 0.2) is 5.16 Å².